The van der Waals surface area contributed by atoms with Crippen LogP contribution in [-0.2, 0) is 9.59 Å². The monoisotopic (exact) mass is 566 g/mol. The SMILES string of the molecule is CC(/C=N/NC(=O)COc1ccc(C)c(C)c1)=C\c1ccc(/C=C(C)/C=N/NC(=O)COc2ccc(C)c(C)c2)cc1. The van der Waals surface area contributed by atoms with Crippen molar-refractivity contribution in [2.75, 3.05) is 13.2 Å². The highest BCUT2D eigenvalue weighted by atomic mass is 16.5. The Kier molecular flexibility index (Phi) is 11.8. The second-order valence-corrected chi connectivity index (χ2v) is 10.1. The fourth-order valence-corrected chi connectivity index (χ4v) is 3.67. The molecule has 8 nitrogen and oxygen atoms in total. The van der Waals surface area contributed by atoms with Gasteiger partial charge in [0.2, 0.25) is 0 Å². The number of nitrogens with zero attached hydrogens (tertiary/aromatic N) is 2. The molecule has 0 heterocycles. The number of ether oxygens (including phenoxy) is 2. The smallest absolute Gasteiger partial charge is 0.277 e. The summed E-state index contributed by atoms with van der Waals surface area (Å²) in [5.41, 5.74) is 13.2. The maximum atomic E-state index is 12.0. The van der Waals surface area contributed by atoms with Gasteiger partial charge in [-0.25, -0.2) is 10.9 Å². The van der Waals surface area contributed by atoms with Crippen molar-refractivity contribution in [2.24, 2.45) is 10.2 Å². The summed E-state index contributed by atoms with van der Waals surface area (Å²) >= 11 is 0. The highest BCUT2D eigenvalue weighted by Gasteiger charge is 2.04. The Labute approximate surface area is 247 Å². The lowest BCUT2D eigenvalue weighted by Gasteiger charge is -2.07. The zero-order valence-corrected chi connectivity index (χ0v) is 25.0. The lowest BCUT2D eigenvalue weighted by molar-refractivity contribution is -0.123. The normalized spacial score (nSPS) is 12.0. The van der Waals surface area contributed by atoms with Crippen LogP contribution in [0.15, 0.2) is 82.0 Å². The molecule has 3 aromatic carbocycles. The van der Waals surface area contributed by atoms with Crippen LogP contribution in [-0.4, -0.2) is 37.5 Å². The summed E-state index contributed by atoms with van der Waals surface area (Å²) in [6, 6.07) is 19.3. The van der Waals surface area contributed by atoms with Gasteiger partial charge in [0, 0.05) is 0 Å². The Bertz CT molecular complexity index is 1400. The molecule has 0 atom stereocenters. The van der Waals surface area contributed by atoms with Gasteiger partial charge in [-0.2, -0.15) is 10.2 Å². The van der Waals surface area contributed by atoms with E-state index in [0.29, 0.717) is 11.5 Å². The summed E-state index contributed by atoms with van der Waals surface area (Å²) in [7, 11) is 0. The summed E-state index contributed by atoms with van der Waals surface area (Å²) in [5.74, 6) is 0.626. The Morgan fingerprint density at radius 3 is 1.36 bits per heavy atom. The second kappa shape index (κ2) is 15.7. The second-order valence-electron chi connectivity index (χ2n) is 10.1. The van der Waals surface area contributed by atoms with Crippen LogP contribution in [0.3, 0.4) is 0 Å². The zero-order valence-electron chi connectivity index (χ0n) is 25.0. The predicted octanol–water partition coefficient (Wildman–Crippen LogP) is 6.09. The van der Waals surface area contributed by atoms with Gasteiger partial charge in [-0.3, -0.25) is 9.59 Å². The molecular formula is C34H38N4O4. The molecule has 0 fully saturated rings. The molecule has 2 N–H and O–H groups in total. The van der Waals surface area contributed by atoms with Crippen LogP contribution in [0.1, 0.15) is 47.2 Å². The number of benzene rings is 3. The van der Waals surface area contributed by atoms with E-state index in [9.17, 15) is 9.59 Å². The molecule has 0 unspecified atom stereocenters. The Hall–Kier alpha value is -4.98. The van der Waals surface area contributed by atoms with Gasteiger partial charge in [0.05, 0.1) is 12.4 Å². The Morgan fingerprint density at radius 1 is 0.619 bits per heavy atom. The van der Waals surface area contributed by atoms with E-state index >= 15 is 0 Å². The van der Waals surface area contributed by atoms with Gasteiger partial charge in [-0.15, -0.1) is 0 Å². The zero-order chi connectivity index (χ0) is 30.5. The number of allylic oxidation sites excluding steroid dienone is 2. The van der Waals surface area contributed by atoms with E-state index in [-0.39, 0.29) is 25.0 Å². The van der Waals surface area contributed by atoms with Gasteiger partial charge < -0.3 is 9.47 Å². The number of nitrogens with one attached hydrogen (secondary N) is 2. The van der Waals surface area contributed by atoms with E-state index < -0.39 is 0 Å². The Morgan fingerprint density at radius 2 is 1.00 bits per heavy atom. The van der Waals surface area contributed by atoms with E-state index in [1.807, 2.05) is 114 Å². The van der Waals surface area contributed by atoms with Crippen molar-refractivity contribution >= 4 is 36.4 Å². The minimum absolute atomic E-state index is 0.115. The summed E-state index contributed by atoms with van der Waals surface area (Å²) < 4.78 is 11.0. The maximum Gasteiger partial charge on any atom is 0.277 e. The van der Waals surface area contributed by atoms with Crippen molar-refractivity contribution in [3.8, 4) is 11.5 Å². The lowest BCUT2D eigenvalue weighted by Crippen LogP contribution is -2.24. The fraction of sp³-hybridized carbons (Fsp3) is 0.235. The molecule has 8 heteroatoms. The molecule has 0 aliphatic rings. The van der Waals surface area contributed by atoms with Gasteiger partial charge in [0.15, 0.2) is 13.2 Å². The van der Waals surface area contributed by atoms with Crippen molar-refractivity contribution in [1.82, 2.24) is 10.9 Å². The van der Waals surface area contributed by atoms with Crippen LogP contribution < -0.4 is 20.3 Å². The molecule has 0 bridgehead atoms. The van der Waals surface area contributed by atoms with Crippen molar-refractivity contribution in [1.29, 1.82) is 0 Å². The number of carbonyl (C=O) groups excluding carboxylic acids is 2. The first-order valence-electron chi connectivity index (χ1n) is 13.6. The fourth-order valence-electron chi connectivity index (χ4n) is 3.67. The molecule has 0 saturated carbocycles. The number of aryl methyl sites for hydroxylation is 4. The van der Waals surface area contributed by atoms with Crippen molar-refractivity contribution in [3.05, 3.63) is 105 Å². The largest absolute Gasteiger partial charge is 0.484 e. The third kappa shape index (κ3) is 10.9. The molecule has 0 spiro atoms. The van der Waals surface area contributed by atoms with Crippen molar-refractivity contribution < 1.29 is 19.1 Å². The van der Waals surface area contributed by atoms with E-state index in [4.69, 9.17) is 9.47 Å². The van der Waals surface area contributed by atoms with E-state index in [1.165, 1.54) is 11.1 Å². The van der Waals surface area contributed by atoms with Gasteiger partial charge in [-0.1, -0.05) is 48.6 Å². The number of hydrazone groups is 2. The van der Waals surface area contributed by atoms with Gasteiger partial charge in [-0.05, 0) is 110 Å². The molecule has 0 aliphatic carbocycles. The Balaban J connectivity index is 1.41. The average Bonchev–Trinajstić information content (AvgIpc) is 2.95. The predicted molar refractivity (Wildman–Crippen MR) is 170 cm³/mol. The van der Waals surface area contributed by atoms with Gasteiger partial charge in [0.25, 0.3) is 11.8 Å². The molecular weight excluding hydrogens is 528 g/mol. The van der Waals surface area contributed by atoms with E-state index in [1.54, 1.807) is 12.4 Å². The van der Waals surface area contributed by atoms with Gasteiger partial charge >= 0.3 is 0 Å². The number of hydrogen-bond acceptors (Lipinski definition) is 6. The van der Waals surface area contributed by atoms with Gasteiger partial charge in [0.1, 0.15) is 11.5 Å². The van der Waals surface area contributed by atoms with Crippen molar-refractivity contribution in [2.45, 2.75) is 41.5 Å². The topological polar surface area (TPSA) is 101 Å². The number of hydrogen-bond donors (Lipinski definition) is 2. The minimum Gasteiger partial charge on any atom is -0.484 e. The van der Waals surface area contributed by atoms with Crippen LogP contribution in [0.4, 0.5) is 0 Å². The van der Waals surface area contributed by atoms with E-state index in [2.05, 4.69) is 21.1 Å². The number of carbonyl (C=O) groups is 2. The first-order chi connectivity index (χ1) is 20.1. The molecule has 2 amide bonds. The van der Waals surface area contributed by atoms with Crippen LogP contribution >= 0.6 is 0 Å². The highest BCUT2D eigenvalue weighted by molar-refractivity contribution is 5.87. The molecule has 218 valence electrons. The third-order valence-corrected chi connectivity index (χ3v) is 6.34. The summed E-state index contributed by atoms with van der Waals surface area (Å²) in [6.07, 6.45) is 7.09. The van der Waals surface area contributed by atoms with Crippen LogP contribution in [0.2, 0.25) is 0 Å². The number of rotatable bonds is 12. The lowest BCUT2D eigenvalue weighted by atomic mass is 10.1. The third-order valence-electron chi connectivity index (χ3n) is 6.34. The maximum absolute atomic E-state index is 12.0. The molecule has 0 saturated heterocycles. The van der Waals surface area contributed by atoms with Crippen LogP contribution in [0.5, 0.6) is 11.5 Å². The molecule has 0 aromatic heterocycles. The number of amides is 2. The highest BCUT2D eigenvalue weighted by Crippen LogP contribution is 2.17. The molecule has 42 heavy (non-hydrogen) atoms. The molecule has 0 aliphatic heterocycles. The standard InChI is InChI=1S/C34H38N4O4/c1-23(19-35-37-33(39)21-41-31-13-7-25(3)27(5)17-31)15-29-9-11-30(12-10-29)16-24(2)20-36-38-34(40)22-42-32-14-8-26(4)28(6)18-32/h7-20H,21-22H2,1-6H3,(H,37,39)(H,38,40)/b23-15+,24-16+,35-19+,36-20+. The first kappa shape index (κ1) is 31.5. The summed E-state index contributed by atoms with van der Waals surface area (Å²) in [5, 5.41) is 8.02. The summed E-state index contributed by atoms with van der Waals surface area (Å²) in [4.78, 5) is 24.0. The average molecular weight is 567 g/mol. The quantitative estimate of drug-likeness (QED) is 0.205. The van der Waals surface area contributed by atoms with Crippen LogP contribution in [0, 0.1) is 27.7 Å². The van der Waals surface area contributed by atoms with E-state index in [0.717, 1.165) is 33.4 Å². The molecule has 3 aromatic rings. The molecule has 0 radical (unpaired) electrons. The first-order valence-corrected chi connectivity index (χ1v) is 13.6. The van der Waals surface area contributed by atoms with Crippen LogP contribution in [0.25, 0.3) is 12.2 Å². The van der Waals surface area contributed by atoms with Crippen molar-refractivity contribution in [3.63, 3.8) is 0 Å². The summed E-state index contributed by atoms with van der Waals surface area (Å²) in [6.45, 7) is 11.6. The minimum atomic E-state index is -0.336. The molecule has 3 rings (SSSR count).